The first-order chi connectivity index (χ1) is 9.50. The highest BCUT2D eigenvalue weighted by atomic mass is 32.2. The number of nitrogens with one attached hydrogen (secondary N) is 1. The molecule has 0 unspecified atom stereocenters. The molecule has 0 aliphatic rings. The molecule has 0 saturated heterocycles. The average molecular weight is 291 g/mol. The molecule has 0 bridgehead atoms. The summed E-state index contributed by atoms with van der Waals surface area (Å²) in [6.07, 6.45) is 2.90. The molecule has 20 heavy (non-hydrogen) atoms. The Balaban J connectivity index is 2.66. The second-order valence-electron chi connectivity index (χ2n) is 5.29. The number of aromatic nitrogens is 1. The van der Waals surface area contributed by atoms with Crippen molar-refractivity contribution >= 4 is 17.7 Å². The van der Waals surface area contributed by atoms with E-state index in [4.69, 9.17) is 5.26 Å². The quantitative estimate of drug-likeness (QED) is 0.783. The first-order valence-corrected chi connectivity index (χ1v) is 7.71. The molecule has 1 rings (SSSR count). The van der Waals surface area contributed by atoms with Crippen molar-refractivity contribution in [2.45, 2.75) is 38.5 Å². The number of hydrogen-bond acceptors (Lipinski definition) is 4. The first kappa shape index (κ1) is 16.5. The summed E-state index contributed by atoms with van der Waals surface area (Å²) in [5, 5.41) is 11.6. The zero-order valence-electron chi connectivity index (χ0n) is 12.3. The van der Waals surface area contributed by atoms with Crippen LogP contribution in [0.2, 0.25) is 0 Å². The maximum absolute atomic E-state index is 12.2. The van der Waals surface area contributed by atoms with Crippen LogP contribution in [-0.2, 0) is 0 Å². The number of carbonyl (C=O) groups excluding carboxylic acids is 1. The molecule has 0 aromatic carbocycles. The van der Waals surface area contributed by atoms with Crippen molar-refractivity contribution in [3.8, 4) is 6.07 Å². The normalized spacial score (nSPS) is 10.9. The van der Waals surface area contributed by atoms with Crippen LogP contribution in [0.3, 0.4) is 0 Å². The molecule has 0 fully saturated rings. The summed E-state index contributed by atoms with van der Waals surface area (Å²) in [5.74, 6) is 0.756. The highest BCUT2D eigenvalue weighted by molar-refractivity contribution is 7.99. The fraction of sp³-hybridized carbons (Fsp3) is 0.533. The van der Waals surface area contributed by atoms with E-state index in [1.165, 1.54) is 0 Å². The van der Waals surface area contributed by atoms with E-state index in [0.717, 1.165) is 17.1 Å². The molecule has 1 N–H and O–H groups in total. The number of thioether (sulfide) groups is 1. The molecule has 1 aromatic rings. The van der Waals surface area contributed by atoms with Gasteiger partial charge in [-0.2, -0.15) is 5.26 Å². The van der Waals surface area contributed by atoms with Crippen LogP contribution in [0.5, 0.6) is 0 Å². The van der Waals surface area contributed by atoms with Gasteiger partial charge in [-0.15, -0.1) is 11.8 Å². The lowest BCUT2D eigenvalue weighted by Gasteiger charge is -2.23. The summed E-state index contributed by atoms with van der Waals surface area (Å²) in [7, 11) is 0. The van der Waals surface area contributed by atoms with E-state index in [2.05, 4.69) is 16.4 Å². The highest BCUT2D eigenvalue weighted by Crippen LogP contribution is 2.22. The van der Waals surface area contributed by atoms with Gasteiger partial charge in [0.05, 0.1) is 6.07 Å². The van der Waals surface area contributed by atoms with Crippen molar-refractivity contribution in [1.29, 1.82) is 5.26 Å². The minimum Gasteiger partial charge on any atom is -0.350 e. The summed E-state index contributed by atoms with van der Waals surface area (Å²) in [6.45, 7) is 6.68. The number of rotatable bonds is 7. The summed E-state index contributed by atoms with van der Waals surface area (Å²) in [5.41, 5.74) is 0.397. The minimum absolute atomic E-state index is 0.0851. The number of nitrogens with zero attached hydrogens (tertiary/aromatic N) is 2. The van der Waals surface area contributed by atoms with Crippen LogP contribution in [0, 0.1) is 16.7 Å². The van der Waals surface area contributed by atoms with E-state index in [1.54, 1.807) is 18.0 Å². The summed E-state index contributed by atoms with van der Waals surface area (Å²) in [4.78, 5) is 17.3. The van der Waals surface area contributed by atoms with Gasteiger partial charge in [-0.05, 0) is 29.7 Å². The number of nitriles is 1. The van der Waals surface area contributed by atoms with Gasteiger partial charge in [0, 0.05) is 24.1 Å². The third-order valence-electron chi connectivity index (χ3n) is 2.93. The SMILES string of the molecule is CCSc1cccnc1C(=O)NCC(C)(C)CCC#N. The van der Waals surface area contributed by atoms with Crippen LogP contribution in [0.25, 0.3) is 0 Å². The van der Waals surface area contributed by atoms with Gasteiger partial charge < -0.3 is 5.32 Å². The third-order valence-corrected chi connectivity index (χ3v) is 3.86. The molecule has 0 atom stereocenters. The molecular weight excluding hydrogens is 270 g/mol. The third kappa shape index (κ3) is 5.22. The van der Waals surface area contributed by atoms with Crippen LogP contribution in [0.15, 0.2) is 23.2 Å². The number of pyridine rings is 1. The molecule has 0 spiro atoms. The number of hydrogen-bond donors (Lipinski definition) is 1. The predicted molar refractivity (Wildman–Crippen MR) is 81.6 cm³/mol. The molecule has 5 heteroatoms. The zero-order valence-corrected chi connectivity index (χ0v) is 13.1. The molecule has 1 aromatic heterocycles. The van der Waals surface area contributed by atoms with Crippen LogP contribution < -0.4 is 5.32 Å². The van der Waals surface area contributed by atoms with E-state index in [1.807, 2.05) is 32.9 Å². The van der Waals surface area contributed by atoms with E-state index in [9.17, 15) is 4.79 Å². The Morgan fingerprint density at radius 3 is 2.95 bits per heavy atom. The van der Waals surface area contributed by atoms with Crippen LogP contribution in [0.4, 0.5) is 0 Å². The van der Waals surface area contributed by atoms with Gasteiger partial charge in [-0.25, -0.2) is 4.98 Å². The van der Waals surface area contributed by atoms with Gasteiger partial charge in [0.2, 0.25) is 0 Å². The Bertz CT molecular complexity index is 494. The Morgan fingerprint density at radius 2 is 2.30 bits per heavy atom. The fourth-order valence-electron chi connectivity index (χ4n) is 1.72. The van der Waals surface area contributed by atoms with Crippen molar-refractivity contribution in [3.05, 3.63) is 24.0 Å². The Hall–Kier alpha value is -1.54. The van der Waals surface area contributed by atoms with Gasteiger partial charge in [-0.1, -0.05) is 20.8 Å². The van der Waals surface area contributed by atoms with E-state index in [0.29, 0.717) is 18.7 Å². The first-order valence-electron chi connectivity index (χ1n) is 6.73. The van der Waals surface area contributed by atoms with Crippen LogP contribution in [-0.4, -0.2) is 23.2 Å². The summed E-state index contributed by atoms with van der Waals surface area (Å²) in [6, 6.07) is 5.89. The van der Waals surface area contributed by atoms with Crippen LogP contribution in [0.1, 0.15) is 44.1 Å². The van der Waals surface area contributed by atoms with Gasteiger partial charge in [0.1, 0.15) is 5.69 Å². The van der Waals surface area contributed by atoms with Gasteiger partial charge in [-0.3, -0.25) is 4.79 Å². The van der Waals surface area contributed by atoms with Crippen molar-refractivity contribution < 1.29 is 4.79 Å². The van der Waals surface area contributed by atoms with Crippen molar-refractivity contribution in [1.82, 2.24) is 10.3 Å². The lowest BCUT2D eigenvalue weighted by molar-refractivity contribution is 0.0926. The Kier molecular flexibility index (Phi) is 6.53. The lowest BCUT2D eigenvalue weighted by Crippen LogP contribution is -2.34. The largest absolute Gasteiger partial charge is 0.350 e. The van der Waals surface area contributed by atoms with Crippen LogP contribution >= 0.6 is 11.8 Å². The number of carbonyl (C=O) groups is 1. The smallest absolute Gasteiger partial charge is 0.271 e. The standard InChI is InChI=1S/C15H21N3OS/c1-4-20-12-7-5-10-17-13(12)14(19)18-11-15(2,3)8-6-9-16/h5,7,10H,4,6,8,11H2,1-3H3,(H,18,19). The van der Waals surface area contributed by atoms with Gasteiger partial charge >= 0.3 is 0 Å². The lowest BCUT2D eigenvalue weighted by atomic mass is 9.88. The molecule has 4 nitrogen and oxygen atoms in total. The van der Waals surface area contributed by atoms with Crippen molar-refractivity contribution in [2.24, 2.45) is 5.41 Å². The average Bonchev–Trinajstić information content (AvgIpc) is 2.44. The summed E-state index contributed by atoms with van der Waals surface area (Å²) < 4.78 is 0. The molecule has 0 aliphatic heterocycles. The maximum Gasteiger partial charge on any atom is 0.271 e. The molecule has 0 aliphatic carbocycles. The van der Waals surface area contributed by atoms with E-state index < -0.39 is 0 Å². The number of amides is 1. The summed E-state index contributed by atoms with van der Waals surface area (Å²) >= 11 is 1.61. The topological polar surface area (TPSA) is 65.8 Å². The second kappa shape index (κ2) is 7.91. The monoisotopic (exact) mass is 291 g/mol. The molecule has 1 amide bonds. The van der Waals surface area contributed by atoms with Crippen molar-refractivity contribution in [3.63, 3.8) is 0 Å². The molecule has 0 saturated carbocycles. The minimum atomic E-state index is -0.147. The van der Waals surface area contributed by atoms with Gasteiger partial charge in [0.25, 0.3) is 5.91 Å². The Morgan fingerprint density at radius 1 is 1.55 bits per heavy atom. The fourth-order valence-corrected chi connectivity index (χ4v) is 2.49. The predicted octanol–water partition coefficient (Wildman–Crippen LogP) is 3.25. The Labute approximate surface area is 125 Å². The second-order valence-corrected chi connectivity index (χ2v) is 6.59. The molecule has 0 radical (unpaired) electrons. The molecular formula is C15H21N3OS. The highest BCUT2D eigenvalue weighted by Gasteiger charge is 2.20. The van der Waals surface area contributed by atoms with Gasteiger partial charge in [0.15, 0.2) is 0 Å². The molecule has 108 valence electrons. The maximum atomic E-state index is 12.2. The van der Waals surface area contributed by atoms with E-state index >= 15 is 0 Å². The van der Waals surface area contributed by atoms with Crippen molar-refractivity contribution in [2.75, 3.05) is 12.3 Å². The molecule has 1 heterocycles. The van der Waals surface area contributed by atoms with E-state index in [-0.39, 0.29) is 11.3 Å². The zero-order chi connectivity index (χ0) is 15.0.